The summed E-state index contributed by atoms with van der Waals surface area (Å²) < 4.78 is 1.80. The van der Waals surface area contributed by atoms with Gasteiger partial charge in [-0.1, -0.05) is 18.7 Å². The molecule has 2 N–H and O–H groups in total. The number of aliphatic hydroxyl groups excluding tert-OH is 1. The Bertz CT molecular complexity index is 607. The van der Waals surface area contributed by atoms with E-state index in [4.69, 9.17) is 5.11 Å². The standard InChI is InChI=1S/C14H19N3O2S2/c1-3-11-4-5-12(21-11)7-15-13(19)9-20-14-16-6-10(8-18)17(14)2/h4-6,18H,3,7-9H2,1-2H3,(H,15,19). The Hall–Kier alpha value is -1.31. The lowest BCUT2D eigenvalue weighted by molar-refractivity contribution is -0.118. The third-order valence-electron chi connectivity index (χ3n) is 3.06. The highest BCUT2D eigenvalue weighted by Gasteiger charge is 2.09. The third kappa shape index (κ3) is 4.33. The first-order valence-electron chi connectivity index (χ1n) is 6.72. The molecule has 0 atom stereocenters. The molecule has 5 nitrogen and oxygen atoms in total. The summed E-state index contributed by atoms with van der Waals surface area (Å²) in [6, 6.07) is 4.16. The average molecular weight is 325 g/mol. The second-order valence-corrected chi connectivity index (χ2v) is 6.73. The fourth-order valence-electron chi connectivity index (χ4n) is 1.78. The van der Waals surface area contributed by atoms with Crippen LogP contribution >= 0.6 is 23.1 Å². The summed E-state index contributed by atoms with van der Waals surface area (Å²) in [4.78, 5) is 18.5. The molecule has 7 heteroatoms. The zero-order valence-electron chi connectivity index (χ0n) is 12.1. The number of thiophene rings is 1. The van der Waals surface area contributed by atoms with Crippen molar-refractivity contribution in [2.45, 2.75) is 31.7 Å². The smallest absolute Gasteiger partial charge is 0.230 e. The van der Waals surface area contributed by atoms with Gasteiger partial charge in [-0.15, -0.1) is 11.3 Å². The summed E-state index contributed by atoms with van der Waals surface area (Å²) in [5.74, 6) is 0.307. The van der Waals surface area contributed by atoms with E-state index < -0.39 is 0 Å². The predicted octanol–water partition coefficient (Wildman–Crippen LogP) is 1.94. The topological polar surface area (TPSA) is 67.2 Å². The van der Waals surface area contributed by atoms with Crippen molar-refractivity contribution in [2.24, 2.45) is 7.05 Å². The zero-order valence-corrected chi connectivity index (χ0v) is 13.8. The number of aromatic nitrogens is 2. The third-order valence-corrected chi connectivity index (χ3v) is 5.34. The minimum Gasteiger partial charge on any atom is -0.390 e. The van der Waals surface area contributed by atoms with E-state index in [0.717, 1.165) is 17.3 Å². The normalized spacial score (nSPS) is 10.8. The molecule has 2 rings (SSSR count). The molecule has 0 radical (unpaired) electrons. The minimum absolute atomic E-state index is 0.0139. The van der Waals surface area contributed by atoms with Crippen LogP contribution < -0.4 is 5.32 Å². The Labute approximate surface area is 132 Å². The Morgan fingerprint density at radius 2 is 2.24 bits per heavy atom. The molecule has 0 saturated heterocycles. The predicted molar refractivity (Wildman–Crippen MR) is 85.4 cm³/mol. The molecule has 0 fully saturated rings. The van der Waals surface area contributed by atoms with Gasteiger partial charge in [0.2, 0.25) is 5.91 Å². The van der Waals surface area contributed by atoms with Crippen molar-refractivity contribution in [1.29, 1.82) is 0 Å². The average Bonchev–Trinajstić information content (AvgIpc) is 3.09. The van der Waals surface area contributed by atoms with E-state index in [1.807, 2.05) is 7.05 Å². The maximum Gasteiger partial charge on any atom is 0.230 e. The molecule has 1 amide bonds. The molecular weight excluding hydrogens is 306 g/mol. The van der Waals surface area contributed by atoms with Gasteiger partial charge in [0.1, 0.15) is 0 Å². The fraction of sp³-hybridized carbons (Fsp3) is 0.429. The van der Waals surface area contributed by atoms with Crippen molar-refractivity contribution in [2.75, 3.05) is 5.75 Å². The number of hydrogen-bond acceptors (Lipinski definition) is 5. The molecule has 2 heterocycles. The number of rotatable bonds is 7. The Morgan fingerprint density at radius 1 is 1.48 bits per heavy atom. The Morgan fingerprint density at radius 3 is 2.86 bits per heavy atom. The van der Waals surface area contributed by atoms with Crippen LogP contribution in [0.4, 0.5) is 0 Å². The summed E-state index contributed by atoms with van der Waals surface area (Å²) in [5, 5.41) is 12.7. The minimum atomic E-state index is -0.0472. The summed E-state index contributed by atoms with van der Waals surface area (Å²) in [6.45, 7) is 2.65. The maximum atomic E-state index is 11.8. The Balaban J connectivity index is 1.78. The molecule has 0 bridgehead atoms. The second-order valence-electron chi connectivity index (χ2n) is 4.54. The molecule has 0 aliphatic carbocycles. The van der Waals surface area contributed by atoms with Crippen molar-refractivity contribution >= 4 is 29.0 Å². The van der Waals surface area contributed by atoms with Crippen molar-refractivity contribution in [3.63, 3.8) is 0 Å². The van der Waals surface area contributed by atoms with Gasteiger partial charge in [0.15, 0.2) is 5.16 Å². The van der Waals surface area contributed by atoms with Crippen LogP contribution in [-0.4, -0.2) is 26.3 Å². The molecule has 2 aromatic rings. The van der Waals surface area contributed by atoms with Gasteiger partial charge >= 0.3 is 0 Å². The van der Waals surface area contributed by atoms with Gasteiger partial charge in [0, 0.05) is 16.8 Å². The summed E-state index contributed by atoms with van der Waals surface area (Å²) in [6.07, 6.45) is 2.65. The highest BCUT2D eigenvalue weighted by atomic mass is 32.2. The summed E-state index contributed by atoms with van der Waals surface area (Å²) >= 11 is 3.10. The fourth-order valence-corrected chi connectivity index (χ4v) is 3.48. The lowest BCUT2D eigenvalue weighted by Gasteiger charge is -2.05. The van der Waals surface area contributed by atoms with Crippen LogP contribution in [-0.2, 0) is 31.4 Å². The van der Waals surface area contributed by atoms with Gasteiger partial charge in [-0.3, -0.25) is 4.79 Å². The quantitative estimate of drug-likeness (QED) is 0.764. The van der Waals surface area contributed by atoms with Crippen LogP contribution in [0.5, 0.6) is 0 Å². The van der Waals surface area contributed by atoms with Gasteiger partial charge in [-0.05, 0) is 18.6 Å². The number of hydrogen-bond donors (Lipinski definition) is 2. The molecule has 0 saturated carbocycles. The number of carbonyl (C=O) groups is 1. The van der Waals surface area contributed by atoms with E-state index in [2.05, 4.69) is 29.4 Å². The van der Waals surface area contributed by atoms with Crippen molar-refractivity contribution in [1.82, 2.24) is 14.9 Å². The van der Waals surface area contributed by atoms with E-state index in [1.165, 1.54) is 21.5 Å². The van der Waals surface area contributed by atoms with Crippen LogP contribution in [0.25, 0.3) is 0 Å². The van der Waals surface area contributed by atoms with Crippen LogP contribution in [0.15, 0.2) is 23.5 Å². The molecule has 0 aliphatic rings. The number of aliphatic hydroxyl groups is 1. The Kier molecular flexibility index (Phi) is 5.84. The molecule has 0 aromatic carbocycles. The molecule has 2 aromatic heterocycles. The van der Waals surface area contributed by atoms with Crippen LogP contribution in [0.2, 0.25) is 0 Å². The lowest BCUT2D eigenvalue weighted by atomic mass is 10.3. The number of aryl methyl sites for hydroxylation is 1. The molecule has 114 valence electrons. The largest absolute Gasteiger partial charge is 0.390 e. The molecule has 0 unspecified atom stereocenters. The zero-order chi connectivity index (χ0) is 15.2. The monoisotopic (exact) mass is 325 g/mol. The highest BCUT2D eigenvalue weighted by Crippen LogP contribution is 2.18. The van der Waals surface area contributed by atoms with E-state index in [1.54, 1.807) is 22.1 Å². The van der Waals surface area contributed by atoms with Crippen LogP contribution in [0, 0.1) is 0 Å². The lowest BCUT2D eigenvalue weighted by Crippen LogP contribution is -2.24. The number of imidazole rings is 1. The summed E-state index contributed by atoms with van der Waals surface area (Å²) in [7, 11) is 1.83. The highest BCUT2D eigenvalue weighted by molar-refractivity contribution is 7.99. The number of amides is 1. The van der Waals surface area contributed by atoms with Crippen molar-refractivity contribution < 1.29 is 9.90 Å². The molecule has 0 aliphatic heterocycles. The molecule has 21 heavy (non-hydrogen) atoms. The van der Waals surface area contributed by atoms with Crippen molar-refractivity contribution in [3.8, 4) is 0 Å². The molecular formula is C14H19N3O2S2. The van der Waals surface area contributed by atoms with E-state index in [0.29, 0.717) is 12.3 Å². The first-order valence-corrected chi connectivity index (χ1v) is 8.52. The SMILES string of the molecule is CCc1ccc(CNC(=O)CSc2ncc(CO)n2C)s1. The van der Waals surface area contributed by atoms with E-state index in [-0.39, 0.29) is 12.5 Å². The van der Waals surface area contributed by atoms with Gasteiger partial charge < -0.3 is 15.0 Å². The van der Waals surface area contributed by atoms with E-state index >= 15 is 0 Å². The van der Waals surface area contributed by atoms with Gasteiger partial charge in [-0.2, -0.15) is 0 Å². The summed E-state index contributed by atoms with van der Waals surface area (Å²) in [5.41, 5.74) is 0.739. The van der Waals surface area contributed by atoms with Crippen molar-refractivity contribution in [3.05, 3.63) is 33.8 Å². The van der Waals surface area contributed by atoms with Crippen LogP contribution in [0.1, 0.15) is 22.4 Å². The number of carbonyl (C=O) groups excluding carboxylic acids is 1. The number of thioether (sulfide) groups is 1. The number of nitrogens with zero attached hydrogens (tertiary/aromatic N) is 2. The van der Waals surface area contributed by atoms with Gasteiger partial charge in [0.05, 0.1) is 30.8 Å². The van der Waals surface area contributed by atoms with E-state index in [9.17, 15) is 4.79 Å². The first kappa shape index (κ1) is 16.1. The maximum absolute atomic E-state index is 11.8. The van der Waals surface area contributed by atoms with Gasteiger partial charge in [-0.25, -0.2) is 4.98 Å². The van der Waals surface area contributed by atoms with Crippen LogP contribution in [0.3, 0.4) is 0 Å². The first-order chi connectivity index (χ1) is 10.1. The molecule has 0 spiro atoms. The second kappa shape index (κ2) is 7.63. The number of nitrogens with one attached hydrogen (secondary N) is 1. The van der Waals surface area contributed by atoms with Gasteiger partial charge in [0.25, 0.3) is 0 Å².